The van der Waals surface area contributed by atoms with Crippen molar-refractivity contribution in [3.05, 3.63) is 24.0 Å². The zero-order chi connectivity index (χ0) is 14.5. The highest BCUT2D eigenvalue weighted by atomic mass is 16.5. The summed E-state index contributed by atoms with van der Waals surface area (Å²) in [5.74, 6) is -0.266. The van der Waals surface area contributed by atoms with E-state index in [2.05, 4.69) is 15.4 Å². The Bertz CT molecular complexity index is 596. The third-order valence-corrected chi connectivity index (χ3v) is 2.98. The minimum atomic E-state index is -0.893. The van der Waals surface area contributed by atoms with Gasteiger partial charge in [-0.15, -0.1) is 0 Å². The molecule has 2 heterocycles. The molecule has 0 bridgehead atoms. The molecule has 1 atom stereocenters. The molecule has 0 saturated heterocycles. The van der Waals surface area contributed by atoms with Crippen molar-refractivity contribution in [2.75, 3.05) is 19.0 Å². The van der Waals surface area contributed by atoms with Gasteiger partial charge in [0.05, 0.1) is 0 Å². The second kappa shape index (κ2) is 6.33. The van der Waals surface area contributed by atoms with Gasteiger partial charge in [-0.2, -0.15) is 9.61 Å². The molecule has 0 radical (unpaired) electrons. The Balaban J connectivity index is 2.19. The van der Waals surface area contributed by atoms with E-state index < -0.39 is 12.0 Å². The summed E-state index contributed by atoms with van der Waals surface area (Å²) in [5.41, 5.74) is 1.68. The third-order valence-electron chi connectivity index (χ3n) is 2.98. The van der Waals surface area contributed by atoms with Crippen molar-refractivity contribution in [1.29, 1.82) is 0 Å². The largest absolute Gasteiger partial charge is 0.480 e. The lowest BCUT2D eigenvalue weighted by Gasteiger charge is -2.16. The summed E-state index contributed by atoms with van der Waals surface area (Å²) in [7, 11) is 1.60. The van der Waals surface area contributed by atoms with Crippen LogP contribution in [0.2, 0.25) is 0 Å². The van der Waals surface area contributed by atoms with E-state index in [0.717, 1.165) is 5.56 Å². The molecule has 1 unspecified atom stereocenters. The van der Waals surface area contributed by atoms with Crippen molar-refractivity contribution in [3.63, 3.8) is 0 Å². The van der Waals surface area contributed by atoms with Crippen molar-refractivity contribution in [1.82, 2.24) is 14.6 Å². The molecule has 108 valence electrons. The lowest BCUT2D eigenvalue weighted by molar-refractivity contribution is -0.138. The number of aromatic nitrogens is 3. The topological polar surface area (TPSA) is 88.8 Å². The minimum Gasteiger partial charge on any atom is -0.480 e. The maximum absolute atomic E-state index is 11.3. The highest BCUT2D eigenvalue weighted by Gasteiger charge is 2.18. The van der Waals surface area contributed by atoms with Crippen LogP contribution >= 0.6 is 0 Å². The van der Waals surface area contributed by atoms with Gasteiger partial charge in [0.25, 0.3) is 0 Å². The first-order chi connectivity index (χ1) is 9.61. The number of ether oxygens (including phenoxy) is 1. The van der Waals surface area contributed by atoms with E-state index in [9.17, 15) is 9.90 Å². The molecule has 0 aromatic carbocycles. The quantitative estimate of drug-likeness (QED) is 0.743. The first kappa shape index (κ1) is 14.3. The van der Waals surface area contributed by atoms with E-state index in [1.165, 1.54) is 6.33 Å². The zero-order valence-electron chi connectivity index (χ0n) is 11.5. The van der Waals surface area contributed by atoms with Crippen LogP contribution in [0.25, 0.3) is 5.65 Å². The molecule has 0 aliphatic heterocycles. The minimum absolute atomic E-state index is 0.479. The predicted octanol–water partition coefficient (Wildman–Crippen LogP) is 1.33. The van der Waals surface area contributed by atoms with E-state index in [1.54, 1.807) is 11.6 Å². The van der Waals surface area contributed by atoms with Crippen LogP contribution in [0.5, 0.6) is 0 Å². The standard InChI is InChI=1S/C13H18N4O3/c1-9-6-11-14-8-15-17(11)12(7-9)16-10(13(18)19)4-3-5-20-2/h6-8,10,16H,3-5H2,1-2H3,(H,18,19). The highest BCUT2D eigenvalue weighted by Crippen LogP contribution is 2.15. The number of carboxylic acids is 1. The Morgan fingerprint density at radius 2 is 2.35 bits per heavy atom. The fraction of sp³-hybridized carbons (Fsp3) is 0.462. The Kier molecular flexibility index (Phi) is 4.52. The number of carboxylic acid groups (broad SMARTS) is 1. The first-order valence-corrected chi connectivity index (χ1v) is 6.40. The van der Waals surface area contributed by atoms with Crippen LogP contribution in [0.1, 0.15) is 18.4 Å². The van der Waals surface area contributed by atoms with Gasteiger partial charge in [0.1, 0.15) is 18.2 Å². The number of nitrogens with one attached hydrogen (secondary N) is 1. The van der Waals surface area contributed by atoms with Crippen LogP contribution in [-0.4, -0.2) is 45.4 Å². The van der Waals surface area contributed by atoms with Gasteiger partial charge in [-0.1, -0.05) is 0 Å². The number of hydrogen-bond donors (Lipinski definition) is 2. The molecular formula is C13H18N4O3. The molecule has 7 heteroatoms. The Hall–Kier alpha value is -2.15. The van der Waals surface area contributed by atoms with E-state index in [0.29, 0.717) is 30.9 Å². The number of methoxy groups -OCH3 is 1. The van der Waals surface area contributed by atoms with Crippen LogP contribution in [-0.2, 0) is 9.53 Å². The number of rotatable bonds is 7. The van der Waals surface area contributed by atoms with E-state index in [1.807, 2.05) is 19.1 Å². The Labute approximate surface area is 116 Å². The molecule has 0 saturated carbocycles. The molecule has 2 aromatic heterocycles. The smallest absolute Gasteiger partial charge is 0.326 e. The number of aryl methyl sites for hydroxylation is 1. The molecule has 0 fully saturated rings. The fourth-order valence-electron chi connectivity index (χ4n) is 2.03. The van der Waals surface area contributed by atoms with Crippen molar-refractivity contribution < 1.29 is 14.6 Å². The highest BCUT2D eigenvalue weighted by molar-refractivity contribution is 5.77. The lowest BCUT2D eigenvalue weighted by atomic mass is 10.1. The van der Waals surface area contributed by atoms with Crippen molar-refractivity contribution in [3.8, 4) is 0 Å². The lowest BCUT2D eigenvalue weighted by Crippen LogP contribution is -2.30. The van der Waals surface area contributed by atoms with Gasteiger partial charge in [0.15, 0.2) is 5.65 Å². The second-order valence-corrected chi connectivity index (χ2v) is 4.62. The molecule has 0 aliphatic carbocycles. The number of hydrogen-bond acceptors (Lipinski definition) is 5. The maximum atomic E-state index is 11.3. The monoisotopic (exact) mass is 278 g/mol. The molecule has 2 rings (SSSR count). The second-order valence-electron chi connectivity index (χ2n) is 4.62. The van der Waals surface area contributed by atoms with Crippen LogP contribution < -0.4 is 5.32 Å². The number of aliphatic carboxylic acids is 1. The fourth-order valence-corrected chi connectivity index (χ4v) is 2.03. The van der Waals surface area contributed by atoms with Gasteiger partial charge in [-0.3, -0.25) is 0 Å². The van der Waals surface area contributed by atoms with E-state index in [-0.39, 0.29) is 0 Å². The van der Waals surface area contributed by atoms with Crippen molar-refractivity contribution in [2.24, 2.45) is 0 Å². The number of pyridine rings is 1. The summed E-state index contributed by atoms with van der Waals surface area (Å²) in [6, 6.07) is 3.06. The SMILES string of the molecule is COCCCC(Nc1cc(C)cc2ncnn12)C(=O)O. The molecule has 7 nitrogen and oxygen atoms in total. The normalized spacial score (nSPS) is 12.5. The summed E-state index contributed by atoms with van der Waals surface area (Å²) in [5, 5.41) is 16.4. The van der Waals surface area contributed by atoms with Gasteiger partial charge in [-0.05, 0) is 37.5 Å². The molecule has 0 aliphatic rings. The van der Waals surface area contributed by atoms with E-state index >= 15 is 0 Å². The van der Waals surface area contributed by atoms with Crippen molar-refractivity contribution in [2.45, 2.75) is 25.8 Å². The summed E-state index contributed by atoms with van der Waals surface area (Å²) in [4.78, 5) is 15.4. The molecule has 0 amide bonds. The van der Waals surface area contributed by atoms with Gasteiger partial charge in [-0.25, -0.2) is 9.78 Å². The number of nitrogens with zero attached hydrogens (tertiary/aromatic N) is 3. The Morgan fingerprint density at radius 1 is 1.55 bits per heavy atom. The van der Waals surface area contributed by atoms with Crippen LogP contribution in [0.4, 0.5) is 5.82 Å². The van der Waals surface area contributed by atoms with Crippen molar-refractivity contribution >= 4 is 17.4 Å². The van der Waals surface area contributed by atoms with E-state index in [4.69, 9.17) is 4.74 Å². The molecule has 2 aromatic rings. The number of anilines is 1. The molecule has 20 heavy (non-hydrogen) atoms. The first-order valence-electron chi connectivity index (χ1n) is 6.40. The van der Waals surface area contributed by atoms with Gasteiger partial charge in [0.2, 0.25) is 0 Å². The van der Waals surface area contributed by atoms with Crippen LogP contribution in [0.3, 0.4) is 0 Å². The number of fused-ring (bicyclic) bond motifs is 1. The third kappa shape index (κ3) is 3.24. The molecule has 0 spiro atoms. The van der Waals surface area contributed by atoms with Gasteiger partial charge < -0.3 is 15.2 Å². The molecule has 2 N–H and O–H groups in total. The summed E-state index contributed by atoms with van der Waals surface area (Å²) < 4.78 is 6.55. The summed E-state index contributed by atoms with van der Waals surface area (Å²) in [6.45, 7) is 2.47. The zero-order valence-corrected chi connectivity index (χ0v) is 11.5. The predicted molar refractivity (Wildman–Crippen MR) is 73.9 cm³/mol. The average molecular weight is 278 g/mol. The summed E-state index contributed by atoms with van der Waals surface area (Å²) >= 11 is 0. The maximum Gasteiger partial charge on any atom is 0.326 e. The van der Waals surface area contributed by atoms with Gasteiger partial charge >= 0.3 is 5.97 Å². The molecular weight excluding hydrogens is 260 g/mol. The average Bonchev–Trinajstić information content (AvgIpc) is 2.85. The van der Waals surface area contributed by atoms with Crippen LogP contribution in [0, 0.1) is 6.92 Å². The van der Waals surface area contributed by atoms with Gasteiger partial charge in [0, 0.05) is 13.7 Å². The summed E-state index contributed by atoms with van der Waals surface area (Å²) in [6.07, 6.45) is 2.60. The Morgan fingerprint density at radius 3 is 3.05 bits per heavy atom. The van der Waals surface area contributed by atoms with Crippen LogP contribution in [0.15, 0.2) is 18.5 Å². The number of carbonyl (C=O) groups is 1.